The fraction of sp³-hybridized carbons (Fsp3) is 0.826. The third kappa shape index (κ3) is 13.8. The van der Waals surface area contributed by atoms with Crippen LogP contribution < -0.4 is 5.32 Å². The molecule has 1 aromatic carbocycles. The van der Waals surface area contributed by atoms with Crippen LogP contribution in [-0.2, 0) is 44.4 Å². The number of halogens is 1. The number of benzene rings is 1. The van der Waals surface area contributed by atoms with Gasteiger partial charge in [0.15, 0.2) is 16.7 Å². The van der Waals surface area contributed by atoms with Gasteiger partial charge in [-0.25, -0.2) is 0 Å². The number of esters is 1. The van der Waals surface area contributed by atoms with E-state index in [0.717, 1.165) is 5.56 Å². The van der Waals surface area contributed by atoms with Crippen LogP contribution in [0.4, 0.5) is 0 Å². The Morgan fingerprint density at radius 1 is 0.968 bits per heavy atom. The Bertz CT molecular complexity index is 1590. The van der Waals surface area contributed by atoms with E-state index < -0.39 is 94.0 Å². The minimum absolute atomic E-state index is 0.103. The molecule has 6 N–H and O–H groups in total. The Labute approximate surface area is 388 Å². The van der Waals surface area contributed by atoms with Crippen LogP contribution in [0.15, 0.2) is 30.3 Å². The number of hydrogen-bond donors (Lipinski definition) is 6. The van der Waals surface area contributed by atoms with Crippen molar-refractivity contribution < 1.29 is 63.5 Å². The van der Waals surface area contributed by atoms with Gasteiger partial charge in [0, 0.05) is 51.2 Å². The summed E-state index contributed by atoms with van der Waals surface area (Å²) in [4.78, 5) is 31.1. The summed E-state index contributed by atoms with van der Waals surface area (Å²) in [6.07, 6.45) is -7.20. The SMILES string of the molecule is CO[C@]1(C)C[C@H](O[C@H]2[C@H](C)[C@@H](O[C@@H]3O[C@H](C)C[C@H](N(C)C)[C@H]3O)[C@](C)(O)C[C@@H](C)CN(CCCNC(=O)Cc3ccccc3)[C@H](C)[C@@H](O)[C@](C)(O)[C@@H](I)OC(=O)[C@@H]2C)O[C@@H](C)[C@@H]1O. The summed E-state index contributed by atoms with van der Waals surface area (Å²) in [5.41, 5.74) is -3.72. The molecular formula is C46H78IN3O13. The van der Waals surface area contributed by atoms with Gasteiger partial charge in [0.1, 0.15) is 23.9 Å². The Morgan fingerprint density at radius 3 is 2.24 bits per heavy atom. The zero-order chi connectivity index (χ0) is 47.2. The van der Waals surface area contributed by atoms with Gasteiger partial charge in [0.2, 0.25) is 5.91 Å². The Balaban J connectivity index is 1.73. The standard InChI is InChI=1S/C46H78IN3O13/c1-26-23-44(7,56)40(62-42-36(52)33(49(10)11)21-27(2)59-42)28(3)37(61-35-24-45(8,58-12)39(54)31(6)60-35)29(4)41(55)63-43(47)46(9,57)38(53)30(5)50(25-26)20-16-19-48-34(51)22-32-17-14-13-15-18-32/h13-15,17-18,26-31,33,35-40,42-43,52-54,56-57H,16,19-25H2,1-12H3,(H,48,51)/t26-,27-,28+,29-,30-,31+,33+,35+,36-,37+,38-,39+,40-,42+,43+,44-,45-,46+/m1/s1. The lowest BCUT2D eigenvalue weighted by atomic mass is 9.77. The van der Waals surface area contributed by atoms with E-state index in [2.05, 4.69) is 5.32 Å². The zero-order valence-electron chi connectivity index (χ0n) is 39.5. The number of methoxy groups -OCH3 is 1. The van der Waals surface area contributed by atoms with Crippen LogP contribution in [0.3, 0.4) is 0 Å². The van der Waals surface area contributed by atoms with Crippen molar-refractivity contribution in [3.63, 3.8) is 0 Å². The van der Waals surface area contributed by atoms with Gasteiger partial charge >= 0.3 is 5.97 Å². The minimum atomic E-state index is -1.92. The average molecular weight is 1010 g/mol. The zero-order valence-corrected chi connectivity index (χ0v) is 41.6. The highest BCUT2D eigenvalue weighted by Crippen LogP contribution is 2.40. The fourth-order valence-electron chi connectivity index (χ4n) is 9.66. The largest absolute Gasteiger partial charge is 0.448 e. The van der Waals surface area contributed by atoms with Crippen LogP contribution in [0.5, 0.6) is 0 Å². The van der Waals surface area contributed by atoms with E-state index in [0.29, 0.717) is 32.5 Å². The van der Waals surface area contributed by atoms with Gasteiger partial charge in [-0.1, -0.05) is 44.2 Å². The highest BCUT2D eigenvalue weighted by molar-refractivity contribution is 14.1. The lowest BCUT2D eigenvalue weighted by Crippen LogP contribution is -2.60. The van der Waals surface area contributed by atoms with E-state index in [1.807, 2.05) is 90.7 Å². The third-order valence-electron chi connectivity index (χ3n) is 13.6. The van der Waals surface area contributed by atoms with Crippen LogP contribution >= 0.6 is 22.6 Å². The van der Waals surface area contributed by atoms with E-state index in [1.54, 1.807) is 41.5 Å². The molecule has 0 spiro atoms. The molecule has 0 bridgehead atoms. The molecule has 0 saturated carbocycles. The summed E-state index contributed by atoms with van der Waals surface area (Å²) >= 11 is 1.83. The predicted molar refractivity (Wildman–Crippen MR) is 245 cm³/mol. The smallest absolute Gasteiger partial charge is 0.312 e. The highest BCUT2D eigenvalue weighted by atomic mass is 127. The van der Waals surface area contributed by atoms with Gasteiger partial charge in [-0.05, 0) is 116 Å². The molecule has 16 nitrogen and oxygen atoms in total. The number of amides is 1. The number of carbonyl (C=O) groups excluding carboxylic acids is 2. The first-order chi connectivity index (χ1) is 29.3. The van der Waals surface area contributed by atoms with Crippen LogP contribution in [0, 0.1) is 17.8 Å². The number of carbonyl (C=O) groups is 2. The third-order valence-corrected chi connectivity index (χ3v) is 15.1. The summed E-state index contributed by atoms with van der Waals surface area (Å²) in [7, 11) is 5.25. The summed E-state index contributed by atoms with van der Waals surface area (Å²) in [5, 5.41) is 62.3. The van der Waals surface area contributed by atoms with Crippen LogP contribution in [0.25, 0.3) is 0 Å². The van der Waals surface area contributed by atoms with Crippen molar-refractivity contribution >= 4 is 34.5 Å². The van der Waals surface area contributed by atoms with Crippen LogP contribution in [0.2, 0.25) is 0 Å². The second-order valence-electron chi connectivity index (χ2n) is 19.5. The average Bonchev–Trinajstić information content (AvgIpc) is 3.21. The lowest BCUT2D eigenvalue weighted by molar-refractivity contribution is -0.317. The van der Waals surface area contributed by atoms with Crippen molar-refractivity contribution in [2.45, 2.75) is 183 Å². The van der Waals surface area contributed by atoms with Gasteiger partial charge < -0.3 is 64.2 Å². The molecule has 0 unspecified atom stereocenters. The molecule has 17 heteroatoms. The maximum absolute atomic E-state index is 14.3. The van der Waals surface area contributed by atoms with E-state index in [4.69, 9.17) is 28.4 Å². The van der Waals surface area contributed by atoms with Gasteiger partial charge in [0.05, 0.1) is 48.0 Å². The van der Waals surface area contributed by atoms with E-state index in [9.17, 15) is 35.1 Å². The van der Waals surface area contributed by atoms with Gasteiger partial charge in [-0.2, -0.15) is 0 Å². The van der Waals surface area contributed by atoms with Crippen LogP contribution in [0.1, 0.15) is 93.6 Å². The first kappa shape index (κ1) is 54.0. The lowest BCUT2D eigenvalue weighted by Gasteiger charge is -2.48. The quantitative estimate of drug-likeness (QED) is 0.0771. The number of aliphatic hydroxyl groups is 5. The second-order valence-corrected chi connectivity index (χ2v) is 20.6. The number of rotatable bonds is 12. The molecule has 18 atom stereocenters. The second kappa shape index (κ2) is 22.9. The van der Waals surface area contributed by atoms with Crippen molar-refractivity contribution in [1.29, 1.82) is 0 Å². The molecule has 0 radical (unpaired) electrons. The topological polar surface area (TPSA) is 209 Å². The molecule has 3 aliphatic heterocycles. The Kier molecular flexibility index (Phi) is 19.7. The maximum atomic E-state index is 14.3. The summed E-state index contributed by atoms with van der Waals surface area (Å²) in [6.45, 7) is 16.8. The summed E-state index contributed by atoms with van der Waals surface area (Å²) in [5.74, 6) is -2.98. The molecule has 0 aromatic heterocycles. The van der Waals surface area contributed by atoms with E-state index >= 15 is 0 Å². The molecular weight excluding hydrogens is 929 g/mol. The molecule has 1 amide bonds. The van der Waals surface area contributed by atoms with Crippen molar-refractivity contribution in [3.8, 4) is 0 Å². The molecule has 4 rings (SSSR count). The van der Waals surface area contributed by atoms with Crippen LogP contribution in [-0.4, -0.2) is 176 Å². The monoisotopic (exact) mass is 1010 g/mol. The molecule has 1 aromatic rings. The fourth-order valence-corrected chi connectivity index (χ4v) is 10.3. The normalized spacial score (nSPS) is 42.8. The number of likely N-dealkylation sites (N-methyl/N-ethyl adjacent to an activating group) is 1. The van der Waals surface area contributed by atoms with Crippen molar-refractivity contribution in [2.75, 3.05) is 40.8 Å². The summed E-state index contributed by atoms with van der Waals surface area (Å²) in [6, 6.07) is 8.49. The van der Waals surface area contributed by atoms with Crippen molar-refractivity contribution in [1.82, 2.24) is 15.1 Å². The Morgan fingerprint density at radius 2 is 1.62 bits per heavy atom. The molecule has 0 aliphatic carbocycles. The maximum Gasteiger partial charge on any atom is 0.312 e. The predicted octanol–water partition coefficient (Wildman–Crippen LogP) is 3.00. The number of nitrogens with one attached hydrogen (secondary N) is 1. The number of ether oxygens (including phenoxy) is 6. The van der Waals surface area contributed by atoms with Crippen molar-refractivity contribution in [2.24, 2.45) is 17.8 Å². The molecule has 3 aliphatic rings. The van der Waals surface area contributed by atoms with E-state index in [-0.39, 0.29) is 43.2 Å². The molecule has 3 heterocycles. The van der Waals surface area contributed by atoms with Gasteiger partial charge in [-0.3, -0.25) is 14.5 Å². The number of hydrogen-bond acceptors (Lipinski definition) is 15. The molecule has 63 heavy (non-hydrogen) atoms. The van der Waals surface area contributed by atoms with Crippen molar-refractivity contribution in [3.05, 3.63) is 35.9 Å². The molecule has 362 valence electrons. The first-order valence-corrected chi connectivity index (χ1v) is 23.8. The number of nitrogens with zero attached hydrogens (tertiary/aromatic N) is 2. The Hall–Kier alpha value is -1.59. The minimum Gasteiger partial charge on any atom is -0.448 e. The number of aliphatic hydroxyl groups excluding tert-OH is 3. The van der Waals surface area contributed by atoms with Gasteiger partial charge in [0.25, 0.3) is 0 Å². The number of cyclic esters (lactones) is 1. The van der Waals surface area contributed by atoms with E-state index in [1.165, 1.54) is 14.0 Å². The molecule has 3 fully saturated rings. The number of alkyl halides is 1. The highest BCUT2D eigenvalue weighted by Gasteiger charge is 2.52. The summed E-state index contributed by atoms with van der Waals surface area (Å²) < 4.78 is 36.5. The van der Waals surface area contributed by atoms with Gasteiger partial charge in [-0.15, -0.1) is 0 Å². The first-order valence-electron chi connectivity index (χ1n) is 22.5. The molecule has 3 saturated heterocycles.